The van der Waals surface area contributed by atoms with E-state index in [9.17, 15) is 13.2 Å². The minimum Gasteiger partial charge on any atom is -0.486 e. The fraction of sp³-hybridized carbons (Fsp3) is 0.250. The summed E-state index contributed by atoms with van der Waals surface area (Å²) in [6.45, 7) is 1.89. The van der Waals surface area contributed by atoms with E-state index in [1.165, 1.54) is 0 Å². The third kappa shape index (κ3) is 4.77. The number of sulfonamides is 1. The Bertz CT molecular complexity index is 1250. The summed E-state index contributed by atoms with van der Waals surface area (Å²) in [6.07, 6.45) is 8.31. The number of hydrogen-bond donors (Lipinski definition) is 0. The molecule has 0 radical (unpaired) electrons. The molecule has 7 heteroatoms. The molecule has 31 heavy (non-hydrogen) atoms. The molecule has 160 valence electrons. The number of anilines is 1. The number of pyridine rings is 1. The molecule has 1 amide bonds. The molecule has 0 bridgehead atoms. The van der Waals surface area contributed by atoms with Crippen LogP contribution in [0.1, 0.15) is 35.3 Å². The third-order valence-corrected chi connectivity index (χ3v) is 6.20. The van der Waals surface area contributed by atoms with Gasteiger partial charge in [-0.1, -0.05) is 12.1 Å². The summed E-state index contributed by atoms with van der Waals surface area (Å²) in [5.41, 5.74) is 2.14. The quantitative estimate of drug-likeness (QED) is 0.545. The van der Waals surface area contributed by atoms with Crippen molar-refractivity contribution in [3.05, 3.63) is 78.0 Å². The molecule has 4 rings (SSSR count). The van der Waals surface area contributed by atoms with Gasteiger partial charge >= 0.3 is 0 Å². The maximum Gasteiger partial charge on any atom is 0.272 e. The molecule has 1 aliphatic rings. The minimum absolute atomic E-state index is 0.0256. The van der Waals surface area contributed by atoms with Gasteiger partial charge in [0.2, 0.25) is 10.0 Å². The SMILES string of the molecule is Cc1ccc2cc(N(C(=O)c3ccc(OC4C=CCCC4)cc3)S(C)(=O)=O)ccc2n1. The summed E-state index contributed by atoms with van der Waals surface area (Å²) in [5, 5.41) is 0.758. The Hall–Kier alpha value is -3.19. The van der Waals surface area contributed by atoms with Gasteiger partial charge in [0, 0.05) is 16.6 Å². The zero-order valence-electron chi connectivity index (χ0n) is 17.5. The molecule has 6 nitrogen and oxygen atoms in total. The van der Waals surface area contributed by atoms with Gasteiger partial charge in [0.05, 0.1) is 17.5 Å². The van der Waals surface area contributed by atoms with Crippen LogP contribution in [0.25, 0.3) is 10.9 Å². The summed E-state index contributed by atoms with van der Waals surface area (Å²) in [5.74, 6) is 0.0252. The second-order valence-corrected chi connectivity index (χ2v) is 9.53. The summed E-state index contributed by atoms with van der Waals surface area (Å²) < 4.78 is 31.8. The number of carbonyl (C=O) groups is 1. The van der Waals surface area contributed by atoms with Crippen LogP contribution in [0.4, 0.5) is 5.69 Å². The van der Waals surface area contributed by atoms with Crippen LogP contribution in [0.15, 0.2) is 66.7 Å². The molecular weight excluding hydrogens is 412 g/mol. The normalized spacial score (nSPS) is 16.3. The molecule has 0 saturated carbocycles. The van der Waals surface area contributed by atoms with Crippen molar-refractivity contribution >= 4 is 32.5 Å². The Morgan fingerprint density at radius 1 is 1.10 bits per heavy atom. The Morgan fingerprint density at radius 3 is 2.55 bits per heavy atom. The van der Waals surface area contributed by atoms with Gasteiger partial charge in [0.15, 0.2) is 0 Å². The molecule has 1 aromatic heterocycles. The maximum atomic E-state index is 13.2. The molecule has 3 aromatic rings. The monoisotopic (exact) mass is 436 g/mol. The van der Waals surface area contributed by atoms with E-state index in [1.807, 2.05) is 25.1 Å². The van der Waals surface area contributed by atoms with E-state index >= 15 is 0 Å². The predicted octanol–water partition coefficient (Wildman–Crippen LogP) is 4.64. The molecule has 1 aliphatic carbocycles. The molecule has 1 heterocycles. The highest BCUT2D eigenvalue weighted by molar-refractivity contribution is 7.92. The summed E-state index contributed by atoms with van der Waals surface area (Å²) in [7, 11) is -3.85. The number of aromatic nitrogens is 1. The fourth-order valence-electron chi connectivity index (χ4n) is 3.65. The summed E-state index contributed by atoms with van der Waals surface area (Å²) >= 11 is 0. The lowest BCUT2D eigenvalue weighted by molar-refractivity contribution is 0.101. The first-order chi connectivity index (χ1) is 14.8. The number of allylic oxidation sites excluding steroid dienone is 1. The van der Waals surface area contributed by atoms with E-state index in [-0.39, 0.29) is 17.4 Å². The second kappa shape index (κ2) is 8.51. The number of rotatable bonds is 5. The zero-order chi connectivity index (χ0) is 22.0. The standard InChI is InChI=1S/C24H24N2O4S/c1-17-8-9-19-16-20(12-15-23(19)25-17)26(31(2,28)29)24(27)18-10-13-22(14-11-18)30-21-6-4-3-5-7-21/h4,6,8-16,21H,3,5,7H2,1-2H3. The molecule has 0 saturated heterocycles. The van der Waals surface area contributed by atoms with E-state index in [2.05, 4.69) is 11.1 Å². The van der Waals surface area contributed by atoms with Crippen LogP contribution < -0.4 is 9.04 Å². The minimum atomic E-state index is -3.85. The largest absolute Gasteiger partial charge is 0.486 e. The topological polar surface area (TPSA) is 76.6 Å². The van der Waals surface area contributed by atoms with E-state index in [0.717, 1.165) is 46.4 Å². The van der Waals surface area contributed by atoms with Crippen LogP contribution in [0.3, 0.4) is 0 Å². The van der Waals surface area contributed by atoms with Gasteiger partial charge < -0.3 is 4.74 Å². The predicted molar refractivity (Wildman–Crippen MR) is 122 cm³/mol. The highest BCUT2D eigenvalue weighted by Gasteiger charge is 2.27. The number of aryl methyl sites for hydroxylation is 1. The molecule has 2 aromatic carbocycles. The first kappa shape index (κ1) is 21.1. The van der Waals surface area contributed by atoms with Crippen molar-refractivity contribution in [1.29, 1.82) is 0 Å². The van der Waals surface area contributed by atoms with E-state index in [1.54, 1.807) is 42.5 Å². The molecule has 1 unspecified atom stereocenters. The summed E-state index contributed by atoms with van der Waals surface area (Å²) in [6, 6.07) is 15.3. The molecular formula is C24H24N2O4S. The number of amides is 1. The van der Waals surface area contributed by atoms with Crippen LogP contribution >= 0.6 is 0 Å². The van der Waals surface area contributed by atoms with Crippen LogP contribution in [-0.4, -0.2) is 31.7 Å². The van der Waals surface area contributed by atoms with Crippen molar-refractivity contribution in [1.82, 2.24) is 4.98 Å². The van der Waals surface area contributed by atoms with Crippen molar-refractivity contribution in [2.24, 2.45) is 0 Å². The first-order valence-corrected chi connectivity index (χ1v) is 12.0. The van der Waals surface area contributed by atoms with Crippen molar-refractivity contribution in [2.75, 3.05) is 10.6 Å². The fourth-order valence-corrected chi connectivity index (χ4v) is 4.55. The zero-order valence-corrected chi connectivity index (χ0v) is 18.3. The van der Waals surface area contributed by atoms with Gasteiger partial charge in [-0.05, 0) is 80.8 Å². The number of hydrogen-bond acceptors (Lipinski definition) is 5. The van der Waals surface area contributed by atoms with Crippen LogP contribution in [0.2, 0.25) is 0 Å². The first-order valence-electron chi connectivity index (χ1n) is 10.2. The Balaban J connectivity index is 1.62. The van der Waals surface area contributed by atoms with Gasteiger partial charge in [-0.2, -0.15) is 0 Å². The van der Waals surface area contributed by atoms with Gasteiger partial charge in [-0.3, -0.25) is 9.78 Å². The average Bonchev–Trinajstić information content (AvgIpc) is 2.74. The van der Waals surface area contributed by atoms with E-state index < -0.39 is 15.9 Å². The molecule has 0 N–H and O–H groups in total. The average molecular weight is 437 g/mol. The smallest absolute Gasteiger partial charge is 0.272 e. The van der Waals surface area contributed by atoms with Gasteiger partial charge in [-0.15, -0.1) is 0 Å². The van der Waals surface area contributed by atoms with E-state index in [0.29, 0.717) is 5.75 Å². The van der Waals surface area contributed by atoms with Gasteiger partial charge in [0.25, 0.3) is 5.91 Å². The van der Waals surface area contributed by atoms with Crippen molar-refractivity contribution in [3.63, 3.8) is 0 Å². The maximum absolute atomic E-state index is 13.2. The number of nitrogens with zero attached hydrogens (tertiary/aromatic N) is 2. The van der Waals surface area contributed by atoms with Crippen molar-refractivity contribution in [2.45, 2.75) is 32.3 Å². The molecule has 0 aliphatic heterocycles. The lowest BCUT2D eigenvalue weighted by atomic mass is 10.1. The lowest BCUT2D eigenvalue weighted by Gasteiger charge is -2.21. The number of benzene rings is 2. The number of ether oxygens (including phenoxy) is 1. The highest BCUT2D eigenvalue weighted by atomic mass is 32.2. The number of carbonyl (C=O) groups excluding carboxylic acids is 1. The Kier molecular flexibility index (Phi) is 5.78. The molecule has 1 atom stereocenters. The Labute approximate surface area is 182 Å². The van der Waals surface area contributed by atoms with Crippen LogP contribution in [-0.2, 0) is 10.0 Å². The van der Waals surface area contributed by atoms with Gasteiger partial charge in [0.1, 0.15) is 11.9 Å². The molecule has 0 spiro atoms. The highest BCUT2D eigenvalue weighted by Crippen LogP contribution is 2.26. The number of fused-ring (bicyclic) bond motifs is 1. The Morgan fingerprint density at radius 2 is 1.87 bits per heavy atom. The van der Waals surface area contributed by atoms with Gasteiger partial charge in [-0.25, -0.2) is 12.7 Å². The lowest BCUT2D eigenvalue weighted by Crippen LogP contribution is -2.36. The van der Waals surface area contributed by atoms with Crippen molar-refractivity contribution < 1.29 is 17.9 Å². The van der Waals surface area contributed by atoms with Crippen LogP contribution in [0, 0.1) is 6.92 Å². The van der Waals surface area contributed by atoms with Crippen molar-refractivity contribution in [3.8, 4) is 5.75 Å². The van der Waals surface area contributed by atoms with E-state index in [4.69, 9.17) is 4.74 Å². The summed E-state index contributed by atoms with van der Waals surface area (Å²) in [4.78, 5) is 17.6. The third-order valence-electron chi connectivity index (χ3n) is 5.16. The van der Waals surface area contributed by atoms with Crippen LogP contribution in [0.5, 0.6) is 5.75 Å². The second-order valence-electron chi connectivity index (χ2n) is 7.70. The molecule has 0 fully saturated rings.